The Balaban J connectivity index is 2.99. The van der Waals surface area contributed by atoms with E-state index < -0.39 is 5.60 Å². The van der Waals surface area contributed by atoms with E-state index in [1.807, 2.05) is 24.3 Å². The van der Waals surface area contributed by atoms with Gasteiger partial charge in [-0.15, -0.1) is 0 Å². The fourth-order valence-corrected chi connectivity index (χ4v) is 1.12. The molecule has 1 unspecified atom stereocenters. The number of aliphatic hydroxyl groups is 1. The van der Waals surface area contributed by atoms with Crippen LogP contribution in [0.3, 0.4) is 0 Å². The molecule has 0 heterocycles. The van der Waals surface area contributed by atoms with Crippen molar-refractivity contribution in [3.05, 3.63) is 34.3 Å². The highest BCUT2D eigenvalue weighted by atomic mass is 79.9. The summed E-state index contributed by atoms with van der Waals surface area (Å²) in [5.74, 6) is 0. The zero-order valence-corrected chi connectivity index (χ0v) is 8.22. The maximum absolute atomic E-state index is 9.56. The van der Waals surface area contributed by atoms with Crippen molar-refractivity contribution in [3.8, 4) is 0 Å². The third-order valence-corrected chi connectivity index (χ3v) is 2.08. The third-order valence-electron chi connectivity index (χ3n) is 1.55. The average Bonchev–Trinajstić information content (AvgIpc) is 1.86. The Morgan fingerprint density at radius 2 is 1.64 bits per heavy atom. The topological polar surface area (TPSA) is 20.2 Å². The van der Waals surface area contributed by atoms with Crippen LogP contribution < -0.4 is 0 Å². The Labute approximate surface area is 75.2 Å². The summed E-state index contributed by atoms with van der Waals surface area (Å²) in [6.07, 6.45) is 0. The molecule has 0 aromatic heterocycles. The lowest BCUT2D eigenvalue weighted by atomic mass is 10.2. The van der Waals surface area contributed by atoms with Crippen LogP contribution in [-0.4, -0.2) is 5.11 Å². The first-order valence-corrected chi connectivity index (χ1v) is 4.28. The van der Waals surface area contributed by atoms with Crippen LogP contribution in [0.1, 0.15) is 19.4 Å². The SMILES string of the molecule is C[13C]([13CH3])(O)c1ccc(Br)cc1. The molecule has 0 saturated heterocycles. The normalized spacial score (nSPS) is 16.0. The van der Waals surface area contributed by atoms with Crippen molar-refractivity contribution < 1.29 is 5.11 Å². The molecule has 0 amide bonds. The van der Waals surface area contributed by atoms with Crippen molar-refractivity contribution in [2.24, 2.45) is 0 Å². The lowest BCUT2D eigenvalue weighted by Gasteiger charge is -2.17. The number of hydrogen-bond acceptors (Lipinski definition) is 1. The summed E-state index contributed by atoms with van der Waals surface area (Å²) in [5, 5.41) is 9.56. The molecule has 1 aromatic rings. The molecular weight excluding hydrogens is 206 g/mol. The molecule has 0 saturated carbocycles. The maximum Gasteiger partial charge on any atom is 0.0840 e. The van der Waals surface area contributed by atoms with E-state index in [-0.39, 0.29) is 0 Å². The minimum atomic E-state index is -0.735. The predicted octanol–water partition coefficient (Wildman–Crippen LogP) is 2.68. The van der Waals surface area contributed by atoms with Crippen molar-refractivity contribution in [2.75, 3.05) is 0 Å². The highest BCUT2D eigenvalue weighted by Gasteiger charge is 2.14. The molecule has 0 fully saturated rings. The summed E-state index contributed by atoms with van der Waals surface area (Å²) in [7, 11) is 0. The van der Waals surface area contributed by atoms with Crippen LogP contribution in [0.2, 0.25) is 0 Å². The van der Waals surface area contributed by atoms with Crippen LogP contribution in [0.15, 0.2) is 28.7 Å². The summed E-state index contributed by atoms with van der Waals surface area (Å²) < 4.78 is 1.03. The van der Waals surface area contributed by atoms with E-state index in [4.69, 9.17) is 0 Å². The minimum absolute atomic E-state index is 0.735. The molecule has 60 valence electrons. The van der Waals surface area contributed by atoms with Gasteiger partial charge in [0.05, 0.1) is 5.60 Å². The first kappa shape index (κ1) is 8.75. The minimum Gasteiger partial charge on any atom is -0.386 e. The zero-order chi connectivity index (χ0) is 8.48. The van der Waals surface area contributed by atoms with Gasteiger partial charge in [-0.3, -0.25) is 0 Å². The van der Waals surface area contributed by atoms with E-state index in [0.29, 0.717) is 0 Å². The van der Waals surface area contributed by atoms with Crippen LogP contribution in [0.25, 0.3) is 0 Å². The van der Waals surface area contributed by atoms with Crippen molar-refractivity contribution in [3.63, 3.8) is 0 Å². The summed E-state index contributed by atoms with van der Waals surface area (Å²) >= 11 is 3.33. The lowest BCUT2D eigenvalue weighted by molar-refractivity contribution is 0.0786. The average molecular weight is 217 g/mol. The van der Waals surface area contributed by atoms with Crippen LogP contribution in [0, 0.1) is 0 Å². The highest BCUT2D eigenvalue weighted by molar-refractivity contribution is 9.10. The maximum atomic E-state index is 9.56. The fourth-order valence-electron chi connectivity index (χ4n) is 0.858. The first-order chi connectivity index (χ1) is 5.00. The van der Waals surface area contributed by atoms with E-state index in [1.165, 1.54) is 0 Å². The monoisotopic (exact) mass is 216 g/mol. The van der Waals surface area contributed by atoms with Gasteiger partial charge in [-0.2, -0.15) is 0 Å². The number of hydrogen-bond donors (Lipinski definition) is 1. The smallest absolute Gasteiger partial charge is 0.0840 e. The standard InChI is InChI=1S/C9H11BrO/c1-9(2,11)7-3-5-8(10)6-4-7/h3-6,11H,1-2H3/i1+1,9+1. The van der Waals surface area contributed by atoms with Gasteiger partial charge < -0.3 is 5.11 Å². The van der Waals surface area contributed by atoms with Crippen LogP contribution in [0.5, 0.6) is 0 Å². The number of halogens is 1. The Kier molecular flexibility index (Phi) is 2.35. The van der Waals surface area contributed by atoms with Crippen LogP contribution in [-0.2, 0) is 5.60 Å². The molecule has 0 spiro atoms. The molecule has 1 aromatic carbocycles. The van der Waals surface area contributed by atoms with Crippen molar-refractivity contribution in [1.82, 2.24) is 0 Å². The van der Waals surface area contributed by atoms with Crippen LogP contribution >= 0.6 is 15.9 Å². The Morgan fingerprint density at radius 1 is 1.18 bits per heavy atom. The lowest BCUT2D eigenvalue weighted by Crippen LogP contribution is -2.14. The number of rotatable bonds is 1. The molecule has 0 aliphatic rings. The molecule has 1 atom stereocenters. The molecular formula is C9H11BrO. The van der Waals surface area contributed by atoms with Crippen LogP contribution in [0.4, 0.5) is 0 Å². The van der Waals surface area contributed by atoms with Gasteiger partial charge in [0.2, 0.25) is 0 Å². The summed E-state index contributed by atoms with van der Waals surface area (Å²) in [6, 6.07) is 7.66. The number of benzene rings is 1. The van der Waals surface area contributed by atoms with Crippen molar-refractivity contribution in [1.29, 1.82) is 0 Å². The third kappa shape index (κ3) is 2.31. The van der Waals surface area contributed by atoms with Gasteiger partial charge in [0, 0.05) is 4.47 Å². The van der Waals surface area contributed by atoms with Crippen molar-refractivity contribution >= 4 is 15.9 Å². The summed E-state index contributed by atoms with van der Waals surface area (Å²) in [5.41, 5.74) is 0.196. The fraction of sp³-hybridized carbons (Fsp3) is 0.333. The largest absolute Gasteiger partial charge is 0.386 e. The second kappa shape index (κ2) is 2.95. The van der Waals surface area contributed by atoms with Crippen molar-refractivity contribution in [2.45, 2.75) is 19.4 Å². The van der Waals surface area contributed by atoms with E-state index in [0.717, 1.165) is 10.0 Å². The Hall–Kier alpha value is -0.340. The van der Waals surface area contributed by atoms with Gasteiger partial charge in [0.25, 0.3) is 0 Å². The summed E-state index contributed by atoms with van der Waals surface area (Å²) in [4.78, 5) is 0. The molecule has 2 heteroatoms. The highest BCUT2D eigenvalue weighted by Crippen LogP contribution is 2.21. The molecule has 0 bridgehead atoms. The second-order valence-electron chi connectivity index (χ2n) is 3.07. The Bertz CT molecular complexity index is 233. The molecule has 0 aliphatic carbocycles. The molecule has 1 rings (SSSR count). The molecule has 0 aliphatic heterocycles. The van der Waals surface area contributed by atoms with Gasteiger partial charge in [0.1, 0.15) is 0 Å². The molecule has 1 nitrogen and oxygen atoms in total. The Morgan fingerprint density at radius 3 is 2.00 bits per heavy atom. The van der Waals surface area contributed by atoms with E-state index in [1.54, 1.807) is 13.8 Å². The van der Waals surface area contributed by atoms with E-state index in [9.17, 15) is 5.11 Å². The molecule has 1 N–H and O–H groups in total. The quantitative estimate of drug-likeness (QED) is 0.717. The first-order valence-electron chi connectivity index (χ1n) is 3.48. The van der Waals surface area contributed by atoms with Gasteiger partial charge >= 0.3 is 0 Å². The van der Waals surface area contributed by atoms with E-state index >= 15 is 0 Å². The molecule has 11 heavy (non-hydrogen) atoms. The van der Waals surface area contributed by atoms with Gasteiger partial charge in [-0.05, 0) is 31.5 Å². The zero-order valence-electron chi connectivity index (χ0n) is 6.63. The van der Waals surface area contributed by atoms with E-state index in [2.05, 4.69) is 15.9 Å². The molecule has 0 radical (unpaired) electrons. The summed E-state index contributed by atoms with van der Waals surface area (Å²) in [6.45, 7) is 3.55. The second-order valence-corrected chi connectivity index (χ2v) is 3.98. The van der Waals surface area contributed by atoms with Gasteiger partial charge in [0.15, 0.2) is 0 Å². The van der Waals surface area contributed by atoms with Gasteiger partial charge in [-0.1, -0.05) is 28.1 Å². The predicted molar refractivity (Wildman–Crippen MR) is 49.4 cm³/mol. The van der Waals surface area contributed by atoms with Gasteiger partial charge in [-0.25, -0.2) is 0 Å².